The van der Waals surface area contributed by atoms with E-state index in [1.807, 2.05) is 40.7 Å². The molecule has 0 aromatic heterocycles. The van der Waals surface area contributed by atoms with Crippen LogP contribution >= 0.6 is 23.2 Å². The summed E-state index contributed by atoms with van der Waals surface area (Å²) in [5.74, 6) is -0.700. The van der Waals surface area contributed by atoms with Crippen LogP contribution in [0.15, 0.2) is 65.6 Å². The summed E-state index contributed by atoms with van der Waals surface area (Å²) < 4.78 is 29.0. The minimum absolute atomic E-state index is 0.0174. The van der Waals surface area contributed by atoms with Crippen LogP contribution in [0.5, 0.6) is 0 Å². The van der Waals surface area contributed by atoms with Crippen molar-refractivity contribution >= 4 is 50.7 Å². The van der Waals surface area contributed by atoms with Gasteiger partial charge in [0.2, 0.25) is 11.8 Å². The van der Waals surface area contributed by atoms with Crippen LogP contribution < -0.4 is 9.62 Å². The Bertz CT molecular complexity index is 1510. The lowest BCUT2D eigenvalue weighted by atomic mass is 10.1. The number of nitrogens with one attached hydrogen (secondary N) is 1. The van der Waals surface area contributed by atoms with Crippen molar-refractivity contribution in [3.05, 3.63) is 93.0 Å². The zero-order valence-electron chi connectivity index (χ0n) is 24.2. The van der Waals surface area contributed by atoms with Crippen molar-refractivity contribution in [2.24, 2.45) is 5.92 Å². The van der Waals surface area contributed by atoms with Gasteiger partial charge in [-0.25, -0.2) is 8.42 Å². The first-order valence-electron chi connectivity index (χ1n) is 13.4. The van der Waals surface area contributed by atoms with Gasteiger partial charge in [-0.3, -0.25) is 13.9 Å². The lowest BCUT2D eigenvalue weighted by molar-refractivity contribution is -0.139. The van der Waals surface area contributed by atoms with Crippen molar-refractivity contribution in [1.29, 1.82) is 0 Å². The molecule has 3 aromatic carbocycles. The molecular formula is C31H37Cl2N3O4S. The Morgan fingerprint density at radius 1 is 0.878 bits per heavy atom. The molecule has 1 unspecified atom stereocenters. The molecule has 3 aromatic rings. The highest BCUT2D eigenvalue weighted by Crippen LogP contribution is 2.28. The van der Waals surface area contributed by atoms with E-state index in [2.05, 4.69) is 5.32 Å². The quantitative estimate of drug-likeness (QED) is 0.273. The fraction of sp³-hybridized carbons (Fsp3) is 0.355. The van der Waals surface area contributed by atoms with Gasteiger partial charge in [-0.15, -0.1) is 0 Å². The van der Waals surface area contributed by atoms with E-state index >= 15 is 0 Å². The minimum atomic E-state index is -4.14. The minimum Gasteiger partial charge on any atom is -0.354 e. The van der Waals surface area contributed by atoms with Crippen LogP contribution in [0.3, 0.4) is 0 Å². The molecule has 0 spiro atoms. The van der Waals surface area contributed by atoms with Gasteiger partial charge >= 0.3 is 0 Å². The van der Waals surface area contributed by atoms with Gasteiger partial charge in [-0.1, -0.05) is 66.9 Å². The molecule has 1 atom stereocenters. The molecule has 0 fully saturated rings. The molecule has 0 aliphatic carbocycles. The summed E-state index contributed by atoms with van der Waals surface area (Å²) >= 11 is 12.5. The maximum atomic E-state index is 14.0. The van der Waals surface area contributed by atoms with Crippen molar-refractivity contribution < 1.29 is 18.0 Å². The fourth-order valence-corrected chi connectivity index (χ4v) is 5.99. The van der Waals surface area contributed by atoms with Crippen LogP contribution in [0.2, 0.25) is 10.0 Å². The smallest absolute Gasteiger partial charge is 0.264 e. The molecule has 10 heteroatoms. The summed E-state index contributed by atoms with van der Waals surface area (Å²) in [4.78, 5) is 28.6. The molecule has 0 saturated carbocycles. The van der Waals surface area contributed by atoms with E-state index in [1.165, 1.54) is 17.0 Å². The van der Waals surface area contributed by atoms with Crippen molar-refractivity contribution in [2.45, 2.75) is 59.0 Å². The zero-order chi connectivity index (χ0) is 30.5. The van der Waals surface area contributed by atoms with Crippen molar-refractivity contribution in [3.63, 3.8) is 0 Å². The first kappa shape index (κ1) is 32.4. The molecule has 0 heterocycles. The van der Waals surface area contributed by atoms with Crippen LogP contribution in [0.1, 0.15) is 43.0 Å². The molecule has 2 amide bonds. The molecule has 0 aliphatic rings. The molecule has 0 aliphatic heterocycles. The second-order valence-electron chi connectivity index (χ2n) is 10.7. The third-order valence-corrected chi connectivity index (χ3v) is 9.25. The number of anilines is 1. The molecule has 0 bridgehead atoms. The number of amides is 2. The number of hydrogen-bond acceptors (Lipinski definition) is 4. The molecular weight excluding hydrogens is 581 g/mol. The van der Waals surface area contributed by atoms with Gasteiger partial charge in [-0.2, -0.15) is 0 Å². The second-order valence-corrected chi connectivity index (χ2v) is 13.4. The van der Waals surface area contributed by atoms with Gasteiger partial charge in [0.05, 0.1) is 10.6 Å². The normalized spacial score (nSPS) is 12.2. The van der Waals surface area contributed by atoms with Gasteiger partial charge in [0.25, 0.3) is 10.0 Å². The van der Waals surface area contributed by atoms with Crippen LogP contribution in [-0.2, 0) is 26.2 Å². The highest BCUT2D eigenvalue weighted by atomic mass is 35.5. The molecule has 220 valence electrons. The Kier molecular flexibility index (Phi) is 10.9. The van der Waals surface area contributed by atoms with E-state index in [9.17, 15) is 18.0 Å². The molecule has 0 radical (unpaired) electrons. The van der Waals surface area contributed by atoms with Crippen molar-refractivity contribution in [2.75, 3.05) is 17.4 Å². The topological polar surface area (TPSA) is 86.8 Å². The van der Waals surface area contributed by atoms with E-state index in [4.69, 9.17) is 23.2 Å². The number of hydrogen-bond donors (Lipinski definition) is 1. The lowest BCUT2D eigenvalue weighted by Gasteiger charge is -2.32. The molecule has 41 heavy (non-hydrogen) atoms. The largest absolute Gasteiger partial charge is 0.354 e. The lowest BCUT2D eigenvalue weighted by Crippen LogP contribution is -2.51. The number of rotatable bonds is 11. The summed E-state index contributed by atoms with van der Waals surface area (Å²) in [5, 5.41) is 3.64. The van der Waals surface area contributed by atoms with Crippen LogP contribution in [0.25, 0.3) is 0 Å². The van der Waals surface area contributed by atoms with E-state index in [0.717, 1.165) is 21.0 Å². The number of nitrogens with zero attached hydrogens (tertiary/aromatic N) is 2. The highest BCUT2D eigenvalue weighted by Gasteiger charge is 2.33. The Balaban J connectivity index is 2.06. The summed E-state index contributed by atoms with van der Waals surface area (Å²) in [7, 11) is -4.14. The number of benzene rings is 3. The van der Waals surface area contributed by atoms with Crippen molar-refractivity contribution in [1.82, 2.24) is 10.2 Å². The highest BCUT2D eigenvalue weighted by molar-refractivity contribution is 7.92. The number of halogens is 2. The first-order valence-corrected chi connectivity index (χ1v) is 15.6. The Morgan fingerprint density at radius 3 is 2.12 bits per heavy atom. The van der Waals surface area contributed by atoms with Gasteiger partial charge < -0.3 is 10.2 Å². The third kappa shape index (κ3) is 8.24. The Morgan fingerprint density at radius 2 is 1.54 bits per heavy atom. The van der Waals surface area contributed by atoms with Crippen molar-refractivity contribution in [3.8, 4) is 0 Å². The van der Waals surface area contributed by atoms with Gasteiger partial charge in [0, 0.05) is 23.1 Å². The van der Waals surface area contributed by atoms with E-state index in [1.54, 1.807) is 49.4 Å². The summed E-state index contributed by atoms with van der Waals surface area (Å²) in [6, 6.07) is 15.7. The van der Waals surface area contributed by atoms with Gasteiger partial charge in [0.1, 0.15) is 12.6 Å². The monoisotopic (exact) mass is 617 g/mol. The standard InChI is InChI=1S/C31H37Cl2N3O4S/c1-20(2)17-34-31(38)24(6)35(18-25-10-11-26(32)16-29(25)33)30(37)19-36(27-12-9-22(4)23(5)15-27)41(39,40)28-13-7-21(3)8-14-28/h7-16,20,24H,17-19H2,1-6H3,(H,34,38). The number of carbonyl (C=O) groups excluding carboxylic acids is 2. The van der Waals surface area contributed by atoms with Crippen LogP contribution in [0, 0.1) is 26.7 Å². The van der Waals surface area contributed by atoms with E-state index in [-0.39, 0.29) is 23.3 Å². The third-order valence-electron chi connectivity index (χ3n) is 6.87. The molecule has 1 N–H and O–H groups in total. The predicted octanol–water partition coefficient (Wildman–Crippen LogP) is 6.30. The summed E-state index contributed by atoms with van der Waals surface area (Å²) in [6.07, 6.45) is 0. The Hall–Kier alpha value is -3.07. The van der Waals surface area contributed by atoms with Gasteiger partial charge in [0.15, 0.2) is 0 Å². The number of carbonyl (C=O) groups is 2. The first-order chi connectivity index (χ1) is 19.2. The molecule has 0 saturated heterocycles. The van der Waals surface area contributed by atoms with E-state index < -0.39 is 28.5 Å². The molecule has 3 rings (SSSR count). The zero-order valence-corrected chi connectivity index (χ0v) is 26.6. The number of sulfonamides is 1. The van der Waals surface area contributed by atoms with E-state index in [0.29, 0.717) is 27.8 Å². The average Bonchev–Trinajstić information content (AvgIpc) is 2.91. The van der Waals surface area contributed by atoms with Crippen LogP contribution in [0.4, 0.5) is 5.69 Å². The Labute approximate surface area is 253 Å². The predicted molar refractivity (Wildman–Crippen MR) is 166 cm³/mol. The fourth-order valence-electron chi connectivity index (χ4n) is 4.12. The maximum Gasteiger partial charge on any atom is 0.264 e. The SMILES string of the molecule is Cc1ccc(S(=O)(=O)N(CC(=O)N(Cc2ccc(Cl)cc2Cl)C(C)C(=O)NCC(C)C)c2ccc(C)c(C)c2)cc1. The van der Waals surface area contributed by atoms with Crippen LogP contribution in [-0.4, -0.2) is 44.3 Å². The number of aryl methyl sites for hydroxylation is 3. The summed E-state index contributed by atoms with van der Waals surface area (Å²) in [6.45, 7) is 11.1. The average molecular weight is 619 g/mol. The van der Waals surface area contributed by atoms with Gasteiger partial charge in [-0.05, 0) is 86.7 Å². The molecule has 7 nitrogen and oxygen atoms in total. The second kappa shape index (κ2) is 13.7. The maximum absolute atomic E-state index is 14.0. The summed E-state index contributed by atoms with van der Waals surface area (Å²) in [5.41, 5.74) is 3.70.